The van der Waals surface area contributed by atoms with Crippen molar-refractivity contribution in [3.63, 3.8) is 0 Å². The van der Waals surface area contributed by atoms with Gasteiger partial charge < -0.3 is 14.3 Å². The topological polar surface area (TPSA) is 60.2 Å². The van der Waals surface area contributed by atoms with Gasteiger partial charge in [-0.25, -0.2) is 4.99 Å². The minimum absolute atomic E-state index is 0.0174. The molecule has 6 heteroatoms. The molecular formula is C28H35FN2O3. The van der Waals surface area contributed by atoms with Crippen LogP contribution in [0.15, 0.2) is 45.2 Å². The van der Waals surface area contributed by atoms with E-state index in [2.05, 4.69) is 37.0 Å². The number of carbonyl (C=O) groups is 1. The number of Topliss-reactive ketones (excluding diaryl/α,β-unsaturated/α-hetero) is 1. The molecule has 0 N–H and O–H groups in total. The average molecular weight is 467 g/mol. The standard InChI is InChI=1S/C28H35FN2O3/c1-6-19-13-24-25(34-15-33-24)14-22(19)12-23-11-21(9-8-17(4)32)18(5)27-26(30-23)16(3)10-20(7-2)28(29)31-27/h11,13-14,16,20-21H,6-10,12,15H2,1-5H3. The van der Waals surface area contributed by atoms with E-state index in [4.69, 9.17) is 14.5 Å². The smallest absolute Gasteiger partial charge is 0.231 e. The lowest BCUT2D eigenvalue weighted by molar-refractivity contribution is -0.117. The molecule has 1 aromatic carbocycles. The maximum atomic E-state index is 15.0. The number of hydrogen-bond acceptors (Lipinski definition) is 5. The molecule has 0 bridgehead atoms. The van der Waals surface area contributed by atoms with Gasteiger partial charge in [0.05, 0.1) is 11.4 Å². The van der Waals surface area contributed by atoms with Gasteiger partial charge in [0.25, 0.3) is 0 Å². The number of aliphatic imine (C=N–C) groups is 2. The summed E-state index contributed by atoms with van der Waals surface area (Å²) in [6, 6.07) is 4.12. The lowest BCUT2D eigenvalue weighted by Crippen LogP contribution is -2.16. The van der Waals surface area contributed by atoms with Crippen LogP contribution in [0, 0.1) is 17.8 Å². The summed E-state index contributed by atoms with van der Waals surface area (Å²) < 4.78 is 26.2. The Labute approximate surface area is 201 Å². The number of ketones is 1. The molecule has 4 rings (SSSR count). The van der Waals surface area contributed by atoms with Crippen molar-refractivity contribution in [3.8, 4) is 11.5 Å². The van der Waals surface area contributed by atoms with E-state index in [0.717, 1.165) is 40.5 Å². The van der Waals surface area contributed by atoms with Crippen LogP contribution in [-0.2, 0) is 17.6 Å². The second kappa shape index (κ2) is 10.2. The van der Waals surface area contributed by atoms with Crippen molar-refractivity contribution >= 4 is 17.5 Å². The summed E-state index contributed by atoms with van der Waals surface area (Å²) in [7, 11) is 0. The molecule has 5 nitrogen and oxygen atoms in total. The van der Waals surface area contributed by atoms with Gasteiger partial charge in [-0.05, 0) is 68.4 Å². The Morgan fingerprint density at radius 1 is 1.15 bits per heavy atom. The van der Waals surface area contributed by atoms with Crippen LogP contribution in [0.5, 0.6) is 11.5 Å². The summed E-state index contributed by atoms with van der Waals surface area (Å²) in [4.78, 5) is 21.4. The minimum Gasteiger partial charge on any atom is -0.454 e. The van der Waals surface area contributed by atoms with Crippen LogP contribution in [0.1, 0.15) is 71.4 Å². The SMILES string of the molecule is CCc1cc2c(cc1CC1=CC(CCC(C)=O)C(C)=C3N=C(F)C(CC)CC(C)C3=N1)OCO2. The van der Waals surface area contributed by atoms with E-state index in [0.29, 0.717) is 37.8 Å². The number of aryl methyl sites for hydroxylation is 1. The van der Waals surface area contributed by atoms with E-state index in [1.54, 1.807) is 6.92 Å². The van der Waals surface area contributed by atoms with Gasteiger partial charge in [0.1, 0.15) is 5.78 Å². The Morgan fingerprint density at radius 3 is 2.50 bits per heavy atom. The predicted molar refractivity (Wildman–Crippen MR) is 133 cm³/mol. The van der Waals surface area contributed by atoms with Gasteiger partial charge in [-0.3, -0.25) is 4.99 Å². The van der Waals surface area contributed by atoms with Crippen molar-refractivity contribution in [2.45, 2.75) is 73.1 Å². The van der Waals surface area contributed by atoms with Gasteiger partial charge in [-0.1, -0.05) is 26.8 Å². The maximum absolute atomic E-state index is 15.0. The van der Waals surface area contributed by atoms with Gasteiger partial charge >= 0.3 is 0 Å². The molecule has 0 aliphatic carbocycles. The molecule has 3 aliphatic rings. The molecule has 3 atom stereocenters. The summed E-state index contributed by atoms with van der Waals surface area (Å²) in [6.07, 6.45) is 6.21. The lowest BCUT2D eigenvalue weighted by atomic mass is 9.87. The first-order valence-corrected chi connectivity index (χ1v) is 12.5. The third-order valence-electron chi connectivity index (χ3n) is 7.24. The van der Waals surface area contributed by atoms with Crippen molar-refractivity contribution in [1.29, 1.82) is 0 Å². The Kier molecular flexibility index (Phi) is 7.34. The van der Waals surface area contributed by atoms with E-state index < -0.39 is 0 Å². The molecule has 3 aliphatic heterocycles. The Balaban J connectivity index is 1.78. The van der Waals surface area contributed by atoms with Crippen LogP contribution >= 0.6 is 0 Å². The summed E-state index contributed by atoms with van der Waals surface area (Å²) in [5.41, 5.74) is 5.81. The fourth-order valence-electron chi connectivity index (χ4n) is 5.11. The van der Waals surface area contributed by atoms with Gasteiger partial charge in [0.2, 0.25) is 6.79 Å². The molecule has 182 valence electrons. The average Bonchev–Trinajstić information content (AvgIpc) is 3.17. The van der Waals surface area contributed by atoms with E-state index in [-0.39, 0.29) is 36.3 Å². The summed E-state index contributed by atoms with van der Waals surface area (Å²) >= 11 is 0. The van der Waals surface area contributed by atoms with Gasteiger partial charge in [0, 0.05) is 36.3 Å². The molecule has 3 heterocycles. The van der Waals surface area contributed by atoms with E-state index >= 15 is 4.39 Å². The lowest BCUT2D eigenvalue weighted by Gasteiger charge is -2.17. The van der Waals surface area contributed by atoms with Crippen molar-refractivity contribution in [3.05, 3.63) is 46.3 Å². The van der Waals surface area contributed by atoms with Crippen LogP contribution in [0.2, 0.25) is 0 Å². The van der Waals surface area contributed by atoms with Gasteiger partial charge in [-0.15, -0.1) is 0 Å². The predicted octanol–water partition coefficient (Wildman–Crippen LogP) is 6.55. The zero-order chi connectivity index (χ0) is 24.4. The normalized spacial score (nSPS) is 24.1. The summed E-state index contributed by atoms with van der Waals surface area (Å²) in [5.74, 6) is 1.28. The fraction of sp³-hybridized carbons (Fsp3) is 0.536. The molecule has 34 heavy (non-hydrogen) atoms. The third kappa shape index (κ3) is 5.01. The molecule has 0 amide bonds. The molecule has 0 radical (unpaired) electrons. The molecule has 3 unspecified atom stereocenters. The second-order valence-corrected chi connectivity index (χ2v) is 9.71. The number of ether oxygens (including phenoxy) is 2. The molecular weight excluding hydrogens is 431 g/mol. The minimum atomic E-state index is -0.299. The van der Waals surface area contributed by atoms with Gasteiger partial charge in [-0.2, -0.15) is 4.39 Å². The highest BCUT2D eigenvalue weighted by Gasteiger charge is 2.31. The highest BCUT2D eigenvalue weighted by atomic mass is 19.1. The highest BCUT2D eigenvalue weighted by Crippen LogP contribution is 2.38. The number of rotatable bonds is 7. The van der Waals surface area contributed by atoms with Crippen molar-refractivity contribution in [1.82, 2.24) is 0 Å². The Hall–Kier alpha value is -2.76. The molecule has 0 saturated carbocycles. The largest absolute Gasteiger partial charge is 0.454 e. The molecule has 0 spiro atoms. The summed E-state index contributed by atoms with van der Waals surface area (Å²) in [5, 5.41) is 0. The van der Waals surface area contributed by atoms with Crippen LogP contribution in [0.4, 0.5) is 4.39 Å². The van der Waals surface area contributed by atoms with Crippen LogP contribution in [0.25, 0.3) is 0 Å². The van der Waals surface area contributed by atoms with E-state index in [1.165, 1.54) is 5.56 Å². The summed E-state index contributed by atoms with van der Waals surface area (Å²) in [6.45, 7) is 10.1. The van der Waals surface area contributed by atoms with E-state index in [9.17, 15) is 4.79 Å². The number of halogens is 1. The van der Waals surface area contributed by atoms with Crippen LogP contribution in [-0.4, -0.2) is 24.3 Å². The highest BCUT2D eigenvalue weighted by molar-refractivity contribution is 6.06. The van der Waals surface area contributed by atoms with E-state index in [1.807, 2.05) is 13.8 Å². The third-order valence-corrected chi connectivity index (χ3v) is 7.24. The zero-order valence-corrected chi connectivity index (χ0v) is 20.9. The number of allylic oxidation sites excluding steroid dienone is 4. The van der Waals surface area contributed by atoms with Crippen molar-refractivity contribution in [2.75, 3.05) is 6.79 Å². The maximum Gasteiger partial charge on any atom is 0.231 e. The first-order chi connectivity index (χ1) is 16.3. The van der Waals surface area contributed by atoms with Crippen LogP contribution in [0.3, 0.4) is 0 Å². The number of nitrogens with zero attached hydrogens (tertiary/aromatic N) is 2. The number of benzene rings is 1. The number of carbonyl (C=O) groups excluding carboxylic acids is 1. The quantitative estimate of drug-likeness (QED) is 0.458. The molecule has 0 saturated heterocycles. The molecule has 0 fully saturated rings. The Morgan fingerprint density at radius 2 is 1.85 bits per heavy atom. The Bertz CT molecular complexity index is 1100. The molecule has 1 aromatic rings. The number of fused-ring (bicyclic) bond motifs is 2. The number of hydrogen-bond donors (Lipinski definition) is 0. The van der Waals surface area contributed by atoms with Gasteiger partial charge in [0.15, 0.2) is 17.5 Å². The molecule has 0 aromatic heterocycles. The fourth-order valence-corrected chi connectivity index (χ4v) is 5.11. The van der Waals surface area contributed by atoms with Crippen LogP contribution < -0.4 is 9.47 Å². The van der Waals surface area contributed by atoms with Crippen molar-refractivity contribution < 1.29 is 18.7 Å². The monoisotopic (exact) mass is 466 g/mol. The van der Waals surface area contributed by atoms with Crippen molar-refractivity contribution in [2.24, 2.45) is 27.7 Å². The zero-order valence-electron chi connectivity index (χ0n) is 20.9. The first-order valence-electron chi connectivity index (χ1n) is 12.5. The second-order valence-electron chi connectivity index (χ2n) is 9.71. The first kappa shape index (κ1) is 24.4.